The molecule has 2 aromatic rings. The number of rotatable bonds is 5. The molecule has 1 unspecified atom stereocenters. The number of carbonyl (C=O) groups is 2. The van der Waals surface area contributed by atoms with Crippen LogP contribution in [0, 0.1) is 6.92 Å². The zero-order valence-electron chi connectivity index (χ0n) is 15.9. The summed E-state index contributed by atoms with van der Waals surface area (Å²) in [6, 6.07) is 15.4. The molecule has 1 saturated heterocycles. The number of hydrogen-bond donors (Lipinski definition) is 1. The molecule has 1 aliphatic rings. The Morgan fingerprint density at radius 2 is 2.00 bits per heavy atom. The lowest BCUT2D eigenvalue weighted by Crippen LogP contribution is -2.47. The van der Waals surface area contributed by atoms with E-state index in [0.29, 0.717) is 43.9 Å². The molecule has 0 saturated carbocycles. The SMILES string of the molecule is Cc1cccc(CCC(=O)Nc2cccc(C(=O)N3CCOCC3C)c2)c1. The minimum absolute atomic E-state index is 0.0262. The molecule has 1 N–H and O–H groups in total. The minimum atomic E-state index is -0.0548. The lowest BCUT2D eigenvalue weighted by Gasteiger charge is -2.33. The van der Waals surface area contributed by atoms with Crippen molar-refractivity contribution in [2.24, 2.45) is 0 Å². The van der Waals surface area contributed by atoms with Gasteiger partial charge in [-0.1, -0.05) is 35.9 Å². The molecule has 0 spiro atoms. The molecule has 0 aliphatic carbocycles. The van der Waals surface area contributed by atoms with Crippen molar-refractivity contribution in [3.05, 3.63) is 65.2 Å². The van der Waals surface area contributed by atoms with Gasteiger partial charge in [0.05, 0.1) is 19.3 Å². The van der Waals surface area contributed by atoms with Crippen LogP contribution in [0.1, 0.15) is 34.8 Å². The first-order valence-electron chi connectivity index (χ1n) is 9.37. The highest BCUT2D eigenvalue weighted by Gasteiger charge is 2.24. The van der Waals surface area contributed by atoms with Crippen molar-refractivity contribution >= 4 is 17.5 Å². The van der Waals surface area contributed by atoms with Crippen LogP contribution in [0.25, 0.3) is 0 Å². The van der Waals surface area contributed by atoms with Gasteiger partial charge in [0.2, 0.25) is 5.91 Å². The third-order valence-corrected chi connectivity index (χ3v) is 4.75. The lowest BCUT2D eigenvalue weighted by molar-refractivity contribution is -0.116. The highest BCUT2D eigenvalue weighted by atomic mass is 16.5. The maximum Gasteiger partial charge on any atom is 0.254 e. The predicted molar refractivity (Wildman–Crippen MR) is 106 cm³/mol. The van der Waals surface area contributed by atoms with Crippen molar-refractivity contribution in [2.75, 3.05) is 25.1 Å². The molecule has 2 aromatic carbocycles. The molecule has 0 aromatic heterocycles. The Hall–Kier alpha value is -2.66. The van der Waals surface area contributed by atoms with Crippen LogP contribution in [0.15, 0.2) is 48.5 Å². The van der Waals surface area contributed by atoms with Gasteiger partial charge in [0.15, 0.2) is 0 Å². The van der Waals surface area contributed by atoms with Crippen LogP contribution in [-0.4, -0.2) is 42.5 Å². The van der Waals surface area contributed by atoms with Gasteiger partial charge >= 0.3 is 0 Å². The number of carbonyl (C=O) groups excluding carboxylic acids is 2. The second-order valence-corrected chi connectivity index (χ2v) is 7.04. The molecule has 1 atom stereocenters. The average Bonchev–Trinajstić information content (AvgIpc) is 2.66. The first-order chi connectivity index (χ1) is 13.0. The number of benzene rings is 2. The number of aryl methyl sites for hydroxylation is 2. The Kier molecular flexibility index (Phi) is 6.24. The summed E-state index contributed by atoms with van der Waals surface area (Å²) in [5, 5.41) is 2.90. The van der Waals surface area contributed by atoms with E-state index in [0.717, 1.165) is 5.56 Å². The Morgan fingerprint density at radius 3 is 2.78 bits per heavy atom. The van der Waals surface area contributed by atoms with E-state index in [1.165, 1.54) is 5.56 Å². The number of nitrogens with one attached hydrogen (secondary N) is 1. The van der Waals surface area contributed by atoms with Gasteiger partial charge in [-0.25, -0.2) is 0 Å². The molecular formula is C22H26N2O3. The molecule has 1 aliphatic heterocycles. The molecule has 27 heavy (non-hydrogen) atoms. The fourth-order valence-electron chi connectivity index (χ4n) is 3.27. The van der Waals surface area contributed by atoms with Gasteiger partial charge in [0.25, 0.3) is 5.91 Å². The van der Waals surface area contributed by atoms with Crippen molar-refractivity contribution in [2.45, 2.75) is 32.7 Å². The van der Waals surface area contributed by atoms with E-state index in [9.17, 15) is 9.59 Å². The standard InChI is InChI=1S/C22H26N2O3/c1-16-5-3-6-18(13-16)9-10-21(25)23-20-8-4-7-19(14-20)22(26)24-11-12-27-15-17(24)2/h3-8,13-14,17H,9-12,15H2,1-2H3,(H,23,25). The highest BCUT2D eigenvalue weighted by molar-refractivity contribution is 5.97. The predicted octanol–water partition coefficient (Wildman–Crippen LogP) is 3.43. The van der Waals surface area contributed by atoms with E-state index in [1.807, 2.05) is 43.0 Å². The molecule has 142 valence electrons. The first-order valence-corrected chi connectivity index (χ1v) is 9.37. The van der Waals surface area contributed by atoms with E-state index in [4.69, 9.17) is 4.74 Å². The topological polar surface area (TPSA) is 58.6 Å². The van der Waals surface area contributed by atoms with E-state index in [1.54, 1.807) is 18.2 Å². The van der Waals surface area contributed by atoms with Crippen LogP contribution in [0.5, 0.6) is 0 Å². The van der Waals surface area contributed by atoms with Crippen LogP contribution in [-0.2, 0) is 16.0 Å². The first kappa shape index (κ1) is 19.1. The van der Waals surface area contributed by atoms with Gasteiger partial charge in [-0.15, -0.1) is 0 Å². The van der Waals surface area contributed by atoms with Gasteiger partial charge in [-0.3, -0.25) is 9.59 Å². The molecule has 2 amide bonds. The smallest absolute Gasteiger partial charge is 0.254 e. The number of morpholine rings is 1. The summed E-state index contributed by atoms with van der Waals surface area (Å²) in [5.41, 5.74) is 3.57. The quantitative estimate of drug-likeness (QED) is 0.882. The molecule has 1 heterocycles. The summed E-state index contributed by atoms with van der Waals surface area (Å²) in [6.07, 6.45) is 1.10. The van der Waals surface area contributed by atoms with E-state index < -0.39 is 0 Å². The van der Waals surface area contributed by atoms with Crippen LogP contribution in [0.2, 0.25) is 0 Å². The molecule has 5 nitrogen and oxygen atoms in total. The Balaban J connectivity index is 1.59. The van der Waals surface area contributed by atoms with Gasteiger partial charge < -0.3 is 15.0 Å². The Bertz CT molecular complexity index is 819. The van der Waals surface area contributed by atoms with Crippen molar-refractivity contribution in [3.63, 3.8) is 0 Å². The van der Waals surface area contributed by atoms with Crippen molar-refractivity contribution < 1.29 is 14.3 Å². The van der Waals surface area contributed by atoms with Crippen molar-refractivity contribution in [1.29, 1.82) is 0 Å². The summed E-state index contributed by atoms with van der Waals surface area (Å²) < 4.78 is 5.39. The average molecular weight is 366 g/mol. The molecule has 0 radical (unpaired) electrons. The van der Waals surface area contributed by atoms with Gasteiger partial charge in [0, 0.05) is 24.2 Å². The zero-order valence-corrected chi connectivity index (χ0v) is 15.9. The van der Waals surface area contributed by atoms with Gasteiger partial charge in [0.1, 0.15) is 0 Å². The maximum absolute atomic E-state index is 12.7. The molecule has 5 heteroatoms. The van der Waals surface area contributed by atoms with Gasteiger partial charge in [-0.2, -0.15) is 0 Å². The summed E-state index contributed by atoms with van der Waals surface area (Å²) in [4.78, 5) is 26.9. The number of amides is 2. The van der Waals surface area contributed by atoms with E-state index in [-0.39, 0.29) is 17.9 Å². The van der Waals surface area contributed by atoms with Crippen LogP contribution < -0.4 is 5.32 Å². The normalized spacial score (nSPS) is 16.8. The largest absolute Gasteiger partial charge is 0.377 e. The fourth-order valence-corrected chi connectivity index (χ4v) is 3.27. The summed E-state index contributed by atoms with van der Waals surface area (Å²) in [7, 11) is 0. The third-order valence-electron chi connectivity index (χ3n) is 4.75. The fraction of sp³-hybridized carbons (Fsp3) is 0.364. The number of anilines is 1. The second-order valence-electron chi connectivity index (χ2n) is 7.04. The van der Waals surface area contributed by atoms with Crippen LogP contribution in [0.4, 0.5) is 5.69 Å². The highest BCUT2D eigenvalue weighted by Crippen LogP contribution is 2.17. The Labute approximate surface area is 160 Å². The van der Waals surface area contributed by atoms with E-state index in [2.05, 4.69) is 11.4 Å². The Morgan fingerprint density at radius 1 is 1.19 bits per heavy atom. The number of ether oxygens (including phenoxy) is 1. The molecular weight excluding hydrogens is 340 g/mol. The summed E-state index contributed by atoms with van der Waals surface area (Å²) in [6.45, 7) is 5.73. The van der Waals surface area contributed by atoms with E-state index >= 15 is 0 Å². The van der Waals surface area contributed by atoms with Crippen LogP contribution >= 0.6 is 0 Å². The maximum atomic E-state index is 12.7. The third kappa shape index (κ3) is 5.17. The van der Waals surface area contributed by atoms with Crippen molar-refractivity contribution in [1.82, 2.24) is 4.90 Å². The lowest BCUT2D eigenvalue weighted by atomic mass is 10.1. The van der Waals surface area contributed by atoms with Crippen molar-refractivity contribution in [3.8, 4) is 0 Å². The monoisotopic (exact) mass is 366 g/mol. The van der Waals surface area contributed by atoms with Gasteiger partial charge in [-0.05, 0) is 44.0 Å². The molecule has 3 rings (SSSR count). The zero-order chi connectivity index (χ0) is 19.2. The number of hydrogen-bond acceptors (Lipinski definition) is 3. The molecule has 1 fully saturated rings. The number of nitrogens with zero attached hydrogens (tertiary/aromatic N) is 1. The summed E-state index contributed by atoms with van der Waals surface area (Å²) >= 11 is 0. The summed E-state index contributed by atoms with van der Waals surface area (Å²) in [5.74, 6) is -0.0810. The second kappa shape index (κ2) is 8.82. The minimum Gasteiger partial charge on any atom is -0.377 e. The molecule has 0 bridgehead atoms. The van der Waals surface area contributed by atoms with Crippen LogP contribution in [0.3, 0.4) is 0 Å².